The van der Waals surface area contributed by atoms with Crippen LogP contribution < -0.4 is 24.3 Å². The van der Waals surface area contributed by atoms with Crippen LogP contribution in [0.2, 0.25) is 0 Å². The van der Waals surface area contributed by atoms with E-state index in [4.69, 9.17) is 18.9 Å². The zero-order chi connectivity index (χ0) is 21.4. The number of benzene rings is 2. The van der Waals surface area contributed by atoms with Gasteiger partial charge in [-0.1, -0.05) is 0 Å². The fourth-order valence-electron chi connectivity index (χ4n) is 2.63. The number of ether oxygens (including phenoxy) is 4. The van der Waals surface area contributed by atoms with E-state index in [0.29, 0.717) is 37.1 Å². The third kappa shape index (κ3) is 5.28. The Labute approximate surface area is 168 Å². The van der Waals surface area contributed by atoms with Crippen LogP contribution in [0.25, 0.3) is 0 Å². The van der Waals surface area contributed by atoms with Gasteiger partial charge in [-0.3, -0.25) is 14.9 Å². The maximum Gasteiger partial charge on any atom is 0.312 e. The van der Waals surface area contributed by atoms with Crippen molar-refractivity contribution in [2.24, 2.45) is 0 Å². The summed E-state index contributed by atoms with van der Waals surface area (Å²) in [4.78, 5) is 23.4. The highest BCUT2D eigenvalue weighted by Crippen LogP contribution is 2.39. The van der Waals surface area contributed by atoms with Crippen molar-refractivity contribution in [2.75, 3.05) is 32.2 Å². The van der Waals surface area contributed by atoms with Gasteiger partial charge >= 0.3 is 5.69 Å². The molecule has 156 valence electrons. The molecule has 2 aromatic rings. The predicted octanol–water partition coefficient (Wildman–Crippen LogP) is 4.05. The number of nitro groups is 1. The summed E-state index contributed by atoms with van der Waals surface area (Å²) in [5, 5.41) is 13.8. The van der Waals surface area contributed by atoms with Crippen LogP contribution in [0.5, 0.6) is 23.0 Å². The quantitative estimate of drug-likeness (QED) is 0.470. The minimum Gasteiger partial charge on any atom is -0.490 e. The van der Waals surface area contributed by atoms with Gasteiger partial charge in [-0.15, -0.1) is 0 Å². The number of nitrogens with one attached hydrogen (secondary N) is 1. The summed E-state index contributed by atoms with van der Waals surface area (Å²) >= 11 is 0. The Morgan fingerprint density at radius 3 is 2.03 bits per heavy atom. The standard InChI is InChI=1S/C20H24N2O7/c1-5-27-17-10-13(11-18(28-6-2)19(17)29-7-3)20(23)21-14-8-9-16(26-4)15(12-14)22(24)25/h8-12H,5-7H2,1-4H3,(H,21,23). The molecule has 0 atom stereocenters. The highest BCUT2D eigenvalue weighted by Gasteiger charge is 2.20. The maximum atomic E-state index is 12.8. The molecule has 0 saturated carbocycles. The average Bonchev–Trinajstić information content (AvgIpc) is 2.70. The molecule has 29 heavy (non-hydrogen) atoms. The molecule has 0 aliphatic heterocycles. The molecule has 9 nitrogen and oxygen atoms in total. The van der Waals surface area contributed by atoms with Gasteiger partial charge in [0.25, 0.3) is 5.91 Å². The lowest BCUT2D eigenvalue weighted by Crippen LogP contribution is -2.13. The molecule has 0 aromatic heterocycles. The number of methoxy groups -OCH3 is 1. The van der Waals surface area contributed by atoms with Gasteiger partial charge in [0.2, 0.25) is 5.75 Å². The lowest BCUT2D eigenvalue weighted by Gasteiger charge is -2.17. The molecule has 0 unspecified atom stereocenters. The largest absolute Gasteiger partial charge is 0.490 e. The van der Waals surface area contributed by atoms with Crippen molar-refractivity contribution >= 4 is 17.3 Å². The van der Waals surface area contributed by atoms with E-state index in [1.165, 1.54) is 25.3 Å². The molecular formula is C20H24N2O7. The summed E-state index contributed by atoms with van der Waals surface area (Å²) in [6, 6.07) is 7.27. The zero-order valence-corrected chi connectivity index (χ0v) is 16.8. The van der Waals surface area contributed by atoms with Crippen molar-refractivity contribution in [3.63, 3.8) is 0 Å². The predicted molar refractivity (Wildman–Crippen MR) is 108 cm³/mol. The van der Waals surface area contributed by atoms with Crippen LogP contribution in [0.4, 0.5) is 11.4 Å². The number of nitrogens with zero attached hydrogens (tertiary/aromatic N) is 1. The number of rotatable bonds is 10. The molecule has 2 rings (SSSR count). The number of hydrogen-bond donors (Lipinski definition) is 1. The Bertz CT molecular complexity index is 856. The van der Waals surface area contributed by atoms with Crippen LogP contribution in [-0.4, -0.2) is 37.8 Å². The molecule has 0 fully saturated rings. The van der Waals surface area contributed by atoms with Gasteiger partial charge in [0.15, 0.2) is 17.2 Å². The summed E-state index contributed by atoms with van der Waals surface area (Å²) in [7, 11) is 1.34. The molecule has 1 amide bonds. The number of carbonyl (C=O) groups excluding carboxylic acids is 1. The Kier molecular flexibility index (Phi) is 7.64. The van der Waals surface area contributed by atoms with Crippen molar-refractivity contribution in [3.8, 4) is 23.0 Å². The number of hydrogen-bond acceptors (Lipinski definition) is 7. The minimum atomic E-state index is -0.578. The molecule has 0 aliphatic rings. The molecule has 9 heteroatoms. The van der Waals surface area contributed by atoms with Crippen LogP contribution in [0.15, 0.2) is 30.3 Å². The van der Waals surface area contributed by atoms with Crippen LogP contribution in [0.1, 0.15) is 31.1 Å². The Morgan fingerprint density at radius 1 is 0.966 bits per heavy atom. The molecule has 0 heterocycles. The van der Waals surface area contributed by atoms with E-state index in [0.717, 1.165) is 0 Å². The Morgan fingerprint density at radius 2 is 1.55 bits per heavy atom. The first-order valence-electron chi connectivity index (χ1n) is 9.15. The fourth-order valence-corrected chi connectivity index (χ4v) is 2.63. The summed E-state index contributed by atoms with van der Waals surface area (Å²) in [6.07, 6.45) is 0. The first-order chi connectivity index (χ1) is 13.9. The molecule has 1 N–H and O–H groups in total. The van der Waals surface area contributed by atoms with E-state index >= 15 is 0 Å². The second kappa shape index (κ2) is 10.2. The smallest absolute Gasteiger partial charge is 0.312 e. The van der Waals surface area contributed by atoms with E-state index in [1.54, 1.807) is 12.1 Å². The third-order valence-corrected chi connectivity index (χ3v) is 3.80. The highest BCUT2D eigenvalue weighted by atomic mass is 16.6. The van der Waals surface area contributed by atoms with Gasteiger partial charge in [-0.25, -0.2) is 0 Å². The van der Waals surface area contributed by atoms with Gasteiger partial charge < -0.3 is 24.3 Å². The molecular weight excluding hydrogens is 380 g/mol. The van der Waals surface area contributed by atoms with Gasteiger partial charge in [0, 0.05) is 17.3 Å². The van der Waals surface area contributed by atoms with Crippen LogP contribution in [0.3, 0.4) is 0 Å². The van der Waals surface area contributed by atoms with Gasteiger partial charge in [-0.2, -0.15) is 0 Å². The fraction of sp³-hybridized carbons (Fsp3) is 0.350. The summed E-state index contributed by atoms with van der Waals surface area (Å²) in [5.41, 5.74) is 0.271. The summed E-state index contributed by atoms with van der Waals surface area (Å²) < 4.78 is 21.8. The monoisotopic (exact) mass is 404 g/mol. The zero-order valence-electron chi connectivity index (χ0n) is 16.8. The summed E-state index contributed by atoms with van der Waals surface area (Å²) in [6.45, 7) is 6.63. The van der Waals surface area contributed by atoms with Crippen molar-refractivity contribution in [1.29, 1.82) is 0 Å². The van der Waals surface area contributed by atoms with Crippen molar-refractivity contribution in [2.45, 2.75) is 20.8 Å². The van der Waals surface area contributed by atoms with Crippen LogP contribution in [0, 0.1) is 10.1 Å². The minimum absolute atomic E-state index is 0.103. The van der Waals surface area contributed by atoms with Crippen LogP contribution in [-0.2, 0) is 0 Å². The van der Waals surface area contributed by atoms with E-state index in [9.17, 15) is 14.9 Å². The number of anilines is 1. The summed E-state index contributed by atoms with van der Waals surface area (Å²) in [5.74, 6) is 0.811. The lowest BCUT2D eigenvalue weighted by molar-refractivity contribution is -0.385. The first kappa shape index (κ1) is 21.8. The molecule has 0 radical (unpaired) electrons. The van der Waals surface area contributed by atoms with E-state index < -0.39 is 10.8 Å². The number of amides is 1. The number of nitro benzene ring substituents is 1. The topological polar surface area (TPSA) is 109 Å². The SMILES string of the molecule is CCOc1cc(C(=O)Nc2ccc(OC)c([N+](=O)[O-])c2)cc(OCC)c1OCC. The van der Waals surface area contributed by atoms with Gasteiger partial charge in [0.05, 0.1) is 31.9 Å². The molecule has 0 saturated heterocycles. The molecule has 0 bridgehead atoms. The maximum absolute atomic E-state index is 12.8. The third-order valence-electron chi connectivity index (χ3n) is 3.80. The highest BCUT2D eigenvalue weighted by molar-refractivity contribution is 6.05. The average molecular weight is 404 g/mol. The van der Waals surface area contributed by atoms with E-state index in [2.05, 4.69) is 5.32 Å². The lowest BCUT2D eigenvalue weighted by atomic mass is 10.1. The van der Waals surface area contributed by atoms with Gasteiger partial charge in [-0.05, 0) is 45.0 Å². The number of carbonyl (C=O) groups is 1. The molecule has 0 spiro atoms. The van der Waals surface area contributed by atoms with Crippen molar-refractivity contribution in [1.82, 2.24) is 0 Å². The van der Waals surface area contributed by atoms with Crippen molar-refractivity contribution < 1.29 is 28.7 Å². The molecule has 0 aliphatic carbocycles. The Hall–Kier alpha value is -3.49. The van der Waals surface area contributed by atoms with Crippen LogP contribution >= 0.6 is 0 Å². The van der Waals surface area contributed by atoms with Gasteiger partial charge in [0.1, 0.15) is 0 Å². The van der Waals surface area contributed by atoms with E-state index in [1.807, 2.05) is 20.8 Å². The normalized spacial score (nSPS) is 10.2. The van der Waals surface area contributed by atoms with Crippen molar-refractivity contribution in [3.05, 3.63) is 46.0 Å². The second-order valence-electron chi connectivity index (χ2n) is 5.70. The Balaban J connectivity index is 2.39. The second-order valence-corrected chi connectivity index (χ2v) is 5.70. The molecule has 2 aromatic carbocycles. The first-order valence-corrected chi connectivity index (χ1v) is 9.15. The van der Waals surface area contributed by atoms with E-state index in [-0.39, 0.29) is 22.7 Å².